The molecule has 1 aromatic carbocycles. The lowest BCUT2D eigenvalue weighted by atomic mass is 10.1. The minimum atomic E-state index is -0.850. The summed E-state index contributed by atoms with van der Waals surface area (Å²) >= 11 is 5.95. The quantitative estimate of drug-likeness (QED) is 0.813. The molecule has 0 bridgehead atoms. The highest BCUT2D eigenvalue weighted by atomic mass is 35.5. The first-order valence-corrected chi connectivity index (χ1v) is 5.56. The maximum atomic E-state index is 13.3. The van der Waals surface area contributed by atoms with Gasteiger partial charge in [-0.05, 0) is 38.0 Å². The summed E-state index contributed by atoms with van der Waals surface area (Å²) in [5.74, 6) is -0.652. The monoisotopic (exact) mass is 243 g/mol. The molecular formula is C12H15ClFNO. The molecular weight excluding hydrogens is 229 g/mol. The predicted octanol–water partition coefficient (Wildman–Crippen LogP) is 2.94. The summed E-state index contributed by atoms with van der Waals surface area (Å²) in [4.78, 5) is 11.6. The smallest absolute Gasteiger partial charge is 0.242 e. The zero-order valence-electron chi connectivity index (χ0n) is 9.55. The second-order valence-corrected chi connectivity index (χ2v) is 4.47. The van der Waals surface area contributed by atoms with E-state index >= 15 is 0 Å². The second kappa shape index (κ2) is 5.30. The van der Waals surface area contributed by atoms with E-state index in [4.69, 9.17) is 11.6 Å². The van der Waals surface area contributed by atoms with Gasteiger partial charge in [0, 0.05) is 6.04 Å². The van der Waals surface area contributed by atoms with E-state index in [0.717, 1.165) is 0 Å². The lowest BCUT2D eigenvalue weighted by molar-refractivity contribution is -0.121. The molecule has 0 aromatic heterocycles. The van der Waals surface area contributed by atoms with E-state index in [9.17, 15) is 9.18 Å². The number of benzene rings is 1. The second-order valence-electron chi connectivity index (χ2n) is 4.03. The number of amides is 1. The van der Waals surface area contributed by atoms with Crippen molar-refractivity contribution in [3.8, 4) is 0 Å². The van der Waals surface area contributed by atoms with Crippen LogP contribution in [0, 0.1) is 12.7 Å². The molecule has 16 heavy (non-hydrogen) atoms. The number of rotatable bonds is 3. The fourth-order valence-electron chi connectivity index (χ4n) is 1.28. The zero-order chi connectivity index (χ0) is 12.3. The Kier molecular flexibility index (Phi) is 4.30. The van der Waals surface area contributed by atoms with Gasteiger partial charge in [0.2, 0.25) is 5.91 Å². The Hall–Kier alpha value is -1.09. The van der Waals surface area contributed by atoms with E-state index < -0.39 is 5.38 Å². The Morgan fingerprint density at radius 3 is 2.56 bits per heavy atom. The summed E-state index contributed by atoms with van der Waals surface area (Å²) in [5.41, 5.74) is 1.01. The number of halogens is 2. The van der Waals surface area contributed by atoms with Gasteiger partial charge in [-0.2, -0.15) is 0 Å². The summed E-state index contributed by atoms with van der Waals surface area (Å²) in [6.45, 7) is 5.35. The van der Waals surface area contributed by atoms with Gasteiger partial charge >= 0.3 is 0 Å². The van der Waals surface area contributed by atoms with Gasteiger partial charge in [0.05, 0.1) is 0 Å². The third kappa shape index (κ3) is 3.20. The largest absolute Gasteiger partial charge is 0.352 e. The lowest BCUT2D eigenvalue weighted by Gasteiger charge is -2.13. The molecule has 1 N–H and O–H groups in total. The van der Waals surface area contributed by atoms with Gasteiger partial charge in [-0.15, -0.1) is 11.6 Å². The molecule has 1 unspecified atom stereocenters. The molecule has 0 heterocycles. The Balaban J connectivity index is 2.83. The van der Waals surface area contributed by atoms with Crippen molar-refractivity contribution in [2.45, 2.75) is 32.2 Å². The summed E-state index contributed by atoms with van der Waals surface area (Å²) < 4.78 is 13.3. The maximum Gasteiger partial charge on any atom is 0.242 e. The Morgan fingerprint density at radius 1 is 1.44 bits per heavy atom. The zero-order valence-corrected chi connectivity index (χ0v) is 10.3. The van der Waals surface area contributed by atoms with Crippen LogP contribution in [0.15, 0.2) is 18.2 Å². The van der Waals surface area contributed by atoms with Crippen LogP contribution < -0.4 is 5.32 Å². The van der Waals surface area contributed by atoms with Crippen molar-refractivity contribution >= 4 is 17.5 Å². The van der Waals surface area contributed by atoms with E-state index in [-0.39, 0.29) is 17.8 Å². The van der Waals surface area contributed by atoms with Crippen LogP contribution in [0.5, 0.6) is 0 Å². The Labute approximate surface area is 99.8 Å². The van der Waals surface area contributed by atoms with Crippen LogP contribution >= 0.6 is 11.6 Å². The van der Waals surface area contributed by atoms with Crippen LogP contribution in [-0.2, 0) is 4.79 Å². The third-order valence-electron chi connectivity index (χ3n) is 2.15. The van der Waals surface area contributed by atoms with Crippen molar-refractivity contribution in [1.82, 2.24) is 5.32 Å². The fraction of sp³-hybridized carbons (Fsp3) is 0.417. The molecule has 1 aromatic rings. The Morgan fingerprint density at radius 2 is 2.06 bits per heavy atom. The van der Waals surface area contributed by atoms with Gasteiger partial charge < -0.3 is 5.32 Å². The molecule has 0 radical (unpaired) electrons. The molecule has 1 atom stereocenters. The third-order valence-corrected chi connectivity index (χ3v) is 2.60. The van der Waals surface area contributed by atoms with E-state index in [0.29, 0.717) is 11.1 Å². The van der Waals surface area contributed by atoms with Gasteiger partial charge in [0.1, 0.15) is 11.2 Å². The Bertz CT molecular complexity index is 393. The average Bonchev–Trinajstić information content (AvgIpc) is 2.20. The van der Waals surface area contributed by atoms with Crippen LogP contribution in [0.25, 0.3) is 0 Å². The molecule has 0 spiro atoms. The van der Waals surface area contributed by atoms with Crippen LogP contribution in [0.3, 0.4) is 0 Å². The standard InChI is InChI=1S/C12H15ClFNO/c1-7(2)15-12(16)11(13)9-5-4-8(3)10(14)6-9/h4-7,11H,1-3H3,(H,15,16). The number of alkyl halides is 1. The molecule has 0 aliphatic heterocycles. The molecule has 0 aliphatic rings. The molecule has 0 aliphatic carbocycles. The van der Waals surface area contributed by atoms with E-state index in [1.54, 1.807) is 19.1 Å². The van der Waals surface area contributed by atoms with Crippen LogP contribution in [0.1, 0.15) is 30.4 Å². The van der Waals surface area contributed by atoms with Crippen LogP contribution in [-0.4, -0.2) is 11.9 Å². The first-order valence-electron chi connectivity index (χ1n) is 5.12. The average molecular weight is 244 g/mol. The number of hydrogen-bond acceptors (Lipinski definition) is 1. The molecule has 0 saturated carbocycles. The van der Waals surface area contributed by atoms with E-state index in [2.05, 4.69) is 5.32 Å². The van der Waals surface area contributed by atoms with Crippen molar-refractivity contribution in [2.75, 3.05) is 0 Å². The van der Waals surface area contributed by atoms with Crippen molar-refractivity contribution in [1.29, 1.82) is 0 Å². The van der Waals surface area contributed by atoms with E-state index in [1.807, 2.05) is 13.8 Å². The highest BCUT2D eigenvalue weighted by molar-refractivity contribution is 6.30. The molecule has 1 amide bonds. The summed E-state index contributed by atoms with van der Waals surface area (Å²) in [7, 11) is 0. The minimum absolute atomic E-state index is 0.0176. The molecule has 0 fully saturated rings. The molecule has 4 heteroatoms. The first-order chi connectivity index (χ1) is 7.41. The van der Waals surface area contributed by atoms with Crippen molar-refractivity contribution in [3.05, 3.63) is 35.1 Å². The van der Waals surface area contributed by atoms with Crippen LogP contribution in [0.2, 0.25) is 0 Å². The number of carbonyl (C=O) groups is 1. The number of aryl methyl sites for hydroxylation is 1. The van der Waals surface area contributed by atoms with Crippen LogP contribution in [0.4, 0.5) is 4.39 Å². The fourth-order valence-corrected chi connectivity index (χ4v) is 1.47. The normalized spacial score (nSPS) is 12.6. The van der Waals surface area contributed by atoms with E-state index in [1.165, 1.54) is 6.07 Å². The van der Waals surface area contributed by atoms with Gasteiger partial charge in [-0.3, -0.25) is 4.79 Å². The van der Waals surface area contributed by atoms with Crippen molar-refractivity contribution in [2.24, 2.45) is 0 Å². The minimum Gasteiger partial charge on any atom is -0.352 e. The van der Waals surface area contributed by atoms with Gasteiger partial charge in [-0.25, -0.2) is 4.39 Å². The first kappa shape index (κ1) is 13.0. The SMILES string of the molecule is Cc1ccc(C(Cl)C(=O)NC(C)C)cc1F. The topological polar surface area (TPSA) is 29.1 Å². The van der Waals surface area contributed by atoms with Gasteiger partial charge in [0.15, 0.2) is 0 Å². The highest BCUT2D eigenvalue weighted by Gasteiger charge is 2.18. The molecule has 0 saturated heterocycles. The highest BCUT2D eigenvalue weighted by Crippen LogP contribution is 2.22. The summed E-state index contributed by atoms with van der Waals surface area (Å²) in [6, 6.07) is 4.59. The number of carbonyl (C=O) groups excluding carboxylic acids is 1. The number of hydrogen-bond donors (Lipinski definition) is 1. The summed E-state index contributed by atoms with van der Waals surface area (Å²) in [5, 5.41) is 1.83. The van der Waals surface area contributed by atoms with Crippen molar-refractivity contribution in [3.63, 3.8) is 0 Å². The maximum absolute atomic E-state index is 13.3. The van der Waals surface area contributed by atoms with Gasteiger partial charge in [-0.1, -0.05) is 12.1 Å². The van der Waals surface area contributed by atoms with Gasteiger partial charge in [0.25, 0.3) is 0 Å². The molecule has 88 valence electrons. The summed E-state index contributed by atoms with van der Waals surface area (Å²) in [6.07, 6.45) is 0. The molecule has 2 nitrogen and oxygen atoms in total. The molecule has 1 rings (SSSR count). The van der Waals surface area contributed by atoms with Crippen molar-refractivity contribution < 1.29 is 9.18 Å². The number of nitrogens with one attached hydrogen (secondary N) is 1. The lowest BCUT2D eigenvalue weighted by Crippen LogP contribution is -2.32. The predicted molar refractivity (Wildman–Crippen MR) is 63.0 cm³/mol.